The summed E-state index contributed by atoms with van der Waals surface area (Å²) in [5.41, 5.74) is 1.42. The molecule has 1 aliphatic heterocycles. The zero-order valence-electron chi connectivity index (χ0n) is 18.2. The largest absolute Gasteiger partial charge is 0.336 e. The second-order valence-electron chi connectivity index (χ2n) is 8.89. The number of piperazine rings is 1. The van der Waals surface area contributed by atoms with Crippen molar-refractivity contribution in [3.8, 4) is 0 Å². The van der Waals surface area contributed by atoms with Crippen LogP contribution < -0.4 is 5.56 Å². The standard InChI is InChI=1S/C21H28N6O2S/c1-13-14(2)30-19-17(13)18(28)23-16(24-19)12-25-6-8-26(9-7-25)20(29)15-10-22-27(11-15)21(3,4)5/h10-11H,6-9,12H2,1-5H3,(H,23,24,28). The minimum atomic E-state index is -0.151. The van der Waals surface area contributed by atoms with Gasteiger partial charge in [0.05, 0.1) is 29.2 Å². The molecule has 0 aliphatic carbocycles. The van der Waals surface area contributed by atoms with Crippen LogP contribution >= 0.6 is 11.3 Å². The van der Waals surface area contributed by atoms with Crippen molar-refractivity contribution in [3.05, 3.63) is 44.6 Å². The highest BCUT2D eigenvalue weighted by molar-refractivity contribution is 7.18. The first-order valence-electron chi connectivity index (χ1n) is 10.2. The van der Waals surface area contributed by atoms with Crippen LogP contribution in [-0.2, 0) is 12.1 Å². The van der Waals surface area contributed by atoms with Gasteiger partial charge in [-0.05, 0) is 40.2 Å². The Balaban J connectivity index is 1.40. The van der Waals surface area contributed by atoms with E-state index in [4.69, 9.17) is 0 Å². The average molecular weight is 429 g/mol. The van der Waals surface area contributed by atoms with Crippen LogP contribution in [0.15, 0.2) is 17.2 Å². The first-order valence-corrected chi connectivity index (χ1v) is 11.0. The van der Waals surface area contributed by atoms with Gasteiger partial charge >= 0.3 is 0 Å². The molecule has 4 rings (SSSR count). The van der Waals surface area contributed by atoms with Crippen molar-refractivity contribution in [2.24, 2.45) is 0 Å². The maximum atomic E-state index is 12.8. The number of carbonyl (C=O) groups excluding carboxylic acids is 1. The van der Waals surface area contributed by atoms with Gasteiger partial charge in [0.15, 0.2) is 0 Å². The number of nitrogens with one attached hydrogen (secondary N) is 1. The summed E-state index contributed by atoms with van der Waals surface area (Å²) in [5, 5.41) is 5.03. The fourth-order valence-electron chi connectivity index (χ4n) is 3.68. The molecule has 1 aliphatic rings. The number of aromatic nitrogens is 4. The normalized spacial score (nSPS) is 15.8. The molecule has 1 amide bonds. The number of hydrogen-bond acceptors (Lipinski definition) is 6. The van der Waals surface area contributed by atoms with Crippen LogP contribution in [0.3, 0.4) is 0 Å². The number of amides is 1. The lowest BCUT2D eigenvalue weighted by Crippen LogP contribution is -2.48. The number of rotatable bonds is 3. The molecule has 1 saturated heterocycles. The molecule has 0 saturated carbocycles. The number of fused-ring (bicyclic) bond motifs is 1. The van der Waals surface area contributed by atoms with Crippen LogP contribution in [0.25, 0.3) is 10.2 Å². The van der Waals surface area contributed by atoms with Crippen LogP contribution in [-0.4, -0.2) is 61.6 Å². The summed E-state index contributed by atoms with van der Waals surface area (Å²) in [6.45, 7) is 13.5. The lowest BCUT2D eigenvalue weighted by molar-refractivity contribution is 0.0625. The third-order valence-corrected chi connectivity index (χ3v) is 6.74. The Morgan fingerprint density at radius 1 is 1.20 bits per heavy atom. The van der Waals surface area contributed by atoms with Gasteiger partial charge in [-0.3, -0.25) is 19.2 Å². The number of hydrogen-bond donors (Lipinski definition) is 1. The van der Waals surface area contributed by atoms with Crippen LogP contribution in [0.1, 0.15) is 47.4 Å². The minimum absolute atomic E-state index is 0.0163. The minimum Gasteiger partial charge on any atom is -0.336 e. The molecule has 9 heteroatoms. The predicted octanol–water partition coefficient (Wildman–Crippen LogP) is 2.51. The zero-order valence-corrected chi connectivity index (χ0v) is 19.0. The lowest BCUT2D eigenvalue weighted by Gasteiger charge is -2.34. The fourth-order valence-corrected chi connectivity index (χ4v) is 4.73. The highest BCUT2D eigenvalue weighted by Crippen LogP contribution is 2.25. The Morgan fingerprint density at radius 3 is 2.53 bits per heavy atom. The summed E-state index contributed by atoms with van der Waals surface area (Å²) in [4.78, 5) is 38.9. The van der Waals surface area contributed by atoms with Gasteiger partial charge in [0, 0.05) is 37.3 Å². The summed E-state index contributed by atoms with van der Waals surface area (Å²) in [6.07, 6.45) is 3.47. The van der Waals surface area contributed by atoms with E-state index < -0.39 is 0 Å². The van der Waals surface area contributed by atoms with E-state index in [1.165, 1.54) is 0 Å². The third-order valence-electron chi connectivity index (χ3n) is 5.64. The van der Waals surface area contributed by atoms with E-state index in [9.17, 15) is 9.59 Å². The van der Waals surface area contributed by atoms with Crippen LogP contribution in [0.5, 0.6) is 0 Å². The Bertz CT molecular complexity index is 1140. The number of carbonyl (C=O) groups is 1. The van der Waals surface area contributed by atoms with Crippen molar-refractivity contribution >= 4 is 27.5 Å². The van der Waals surface area contributed by atoms with E-state index in [1.807, 2.05) is 29.6 Å². The molecule has 160 valence electrons. The molecular weight excluding hydrogens is 400 g/mol. The van der Waals surface area contributed by atoms with Crippen molar-refractivity contribution in [1.29, 1.82) is 0 Å². The van der Waals surface area contributed by atoms with Crippen LogP contribution in [0, 0.1) is 13.8 Å². The molecule has 1 fully saturated rings. The van der Waals surface area contributed by atoms with Crippen molar-refractivity contribution in [2.75, 3.05) is 26.2 Å². The molecule has 3 aromatic heterocycles. The third kappa shape index (κ3) is 3.91. The summed E-state index contributed by atoms with van der Waals surface area (Å²) in [6, 6.07) is 0. The quantitative estimate of drug-likeness (QED) is 0.693. The number of nitrogens with zero attached hydrogens (tertiary/aromatic N) is 5. The Kier molecular flexibility index (Phi) is 5.27. The highest BCUT2D eigenvalue weighted by atomic mass is 32.1. The van der Waals surface area contributed by atoms with Gasteiger partial charge in [-0.1, -0.05) is 0 Å². The smallest absolute Gasteiger partial charge is 0.259 e. The number of aromatic amines is 1. The SMILES string of the molecule is Cc1sc2nc(CN3CCN(C(=O)c4cnn(C(C)(C)C)c4)CC3)[nH]c(=O)c2c1C. The number of H-pyrrole nitrogens is 1. The molecular formula is C21H28N6O2S. The number of thiophene rings is 1. The van der Waals surface area contributed by atoms with E-state index >= 15 is 0 Å². The topological polar surface area (TPSA) is 87.1 Å². The average Bonchev–Trinajstić information content (AvgIpc) is 3.27. The molecule has 0 spiro atoms. The molecule has 1 N–H and O–H groups in total. The lowest BCUT2D eigenvalue weighted by atomic mass is 10.1. The van der Waals surface area contributed by atoms with Gasteiger partial charge in [-0.15, -0.1) is 11.3 Å². The molecule has 0 radical (unpaired) electrons. The van der Waals surface area contributed by atoms with Crippen LogP contribution in [0.4, 0.5) is 0 Å². The van der Waals surface area contributed by atoms with Gasteiger partial charge in [0.25, 0.3) is 11.5 Å². The highest BCUT2D eigenvalue weighted by Gasteiger charge is 2.25. The molecule has 30 heavy (non-hydrogen) atoms. The molecule has 0 bridgehead atoms. The number of aryl methyl sites for hydroxylation is 2. The zero-order chi connectivity index (χ0) is 21.6. The van der Waals surface area contributed by atoms with E-state index in [1.54, 1.807) is 17.5 Å². The van der Waals surface area contributed by atoms with E-state index in [2.05, 4.69) is 40.7 Å². The van der Waals surface area contributed by atoms with Crippen molar-refractivity contribution in [2.45, 2.75) is 46.7 Å². The van der Waals surface area contributed by atoms with Gasteiger partial charge in [-0.25, -0.2) is 4.98 Å². The van der Waals surface area contributed by atoms with Gasteiger partial charge in [-0.2, -0.15) is 5.10 Å². The Morgan fingerprint density at radius 2 is 1.90 bits per heavy atom. The molecule has 0 atom stereocenters. The maximum absolute atomic E-state index is 12.8. The second-order valence-corrected chi connectivity index (χ2v) is 10.1. The predicted molar refractivity (Wildman–Crippen MR) is 118 cm³/mol. The van der Waals surface area contributed by atoms with E-state index in [0.29, 0.717) is 36.4 Å². The first kappa shape index (κ1) is 20.7. The maximum Gasteiger partial charge on any atom is 0.259 e. The monoisotopic (exact) mass is 428 g/mol. The van der Waals surface area contributed by atoms with Crippen molar-refractivity contribution < 1.29 is 4.79 Å². The Hall–Kier alpha value is -2.52. The summed E-state index contributed by atoms with van der Waals surface area (Å²) in [7, 11) is 0. The van der Waals surface area contributed by atoms with Gasteiger partial charge in [0.1, 0.15) is 10.7 Å². The van der Waals surface area contributed by atoms with Crippen LogP contribution in [0.2, 0.25) is 0 Å². The second kappa shape index (κ2) is 7.63. The summed E-state index contributed by atoms with van der Waals surface area (Å²) < 4.78 is 1.82. The Labute approximate surface area is 179 Å². The first-order chi connectivity index (χ1) is 14.1. The molecule has 0 aromatic carbocycles. The van der Waals surface area contributed by atoms with Gasteiger partial charge < -0.3 is 9.88 Å². The van der Waals surface area contributed by atoms with Gasteiger partial charge in [0.2, 0.25) is 0 Å². The van der Waals surface area contributed by atoms with Crippen molar-refractivity contribution in [1.82, 2.24) is 29.5 Å². The van der Waals surface area contributed by atoms with Crippen molar-refractivity contribution in [3.63, 3.8) is 0 Å². The van der Waals surface area contributed by atoms with E-state index in [-0.39, 0.29) is 17.0 Å². The molecule has 3 aromatic rings. The summed E-state index contributed by atoms with van der Waals surface area (Å²) >= 11 is 1.56. The molecule has 0 unspecified atom stereocenters. The molecule has 4 heterocycles. The molecule has 8 nitrogen and oxygen atoms in total. The summed E-state index contributed by atoms with van der Waals surface area (Å²) in [5.74, 6) is 0.697. The van der Waals surface area contributed by atoms with E-state index in [0.717, 1.165) is 28.4 Å². The fraction of sp³-hybridized carbons (Fsp3) is 0.524.